The van der Waals surface area contributed by atoms with Crippen LogP contribution in [0.2, 0.25) is 0 Å². The lowest BCUT2D eigenvalue weighted by molar-refractivity contribution is -0.214. The smallest absolute Gasteiger partial charge is 0.146 e. The van der Waals surface area contributed by atoms with Crippen molar-refractivity contribution in [1.82, 2.24) is 0 Å². The third-order valence-electron chi connectivity index (χ3n) is 11.9. The molecule has 0 radical (unpaired) electrons. The van der Waals surface area contributed by atoms with Crippen molar-refractivity contribution in [2.75, 3.05) is 27.8 Å². The van der Waals surface area contributed by atoms with Gasteiger partial charge in [0.2, 0.25) is 0 Å². The zero-order chi connectivity index (χ0) is 26.1. The van der Waals surface area contributed by atoms with Crippen LogP contribution in [0.5, 0.6) is 0 Å². The summed E-state index contributed by atoms with van der Waals surface area (Å²) in [5.74, 6) is 4.70. The molecule has 0 aromatic rings. The Bertz CT molecular complexity index is 698. The van der Waals surface area contributed by atoms with Crippen molar-refractivity contribution in [3.8, 4) is 0 Å². The second-order valence-electron chi connectivity index (χ2n) is 13.9. The first kappa shape index (κ1) is 28.8. The molecule has 4 saturated carbocycles. The SMILES string of the molecule is COCO[C@@H]1CC[C@]2(C)[C@H]3CC[C@]4(C)[C@@H]([C@H](C)CC[C@H](O)C(C)C)CC[C@H]4[C@@H]3C[C@H](OCOC)[C@@H]2C1. The normalized spacial score (nSPS) is 44.1. The highest BCUT2D eigenvalue weighted by Gasteiger charge is 2.62. The number of hydrogen-bond donors (Lipinski definition) is 1. The molecule has 4 aliphatic rings. The van der Waals surface area contributed by atoms with Crippen molar-refractivity contribution in [3.63, 3.8) is 0 Å². The summed E-state index contributed by atoms with van der Waals surface area (Å²) < 4.78 is 23.2. The van der Waals surface area contributed by atoms with Gasteiger partial charge >= 0.3 is 0 Å². The minimum atomic E-state index is -0.162. The molecule has 1 N–H and O–H groups in total. The Balaban J connectivity index is 1.51. The lowest BCUT2D eigenvalue weighted by Gasteiger charge is -2.63. The molecule has 0 aromatic heterocycles. The molecule has 4 aliphatic carbocycles. The van der Waals surface area contributed by atoms with E-state index >= 15 is 0 Å². The average molecular weight is 509 g/mol. The van der Waals surface area contributed by atoms with Gasteiger partial charge in [-0.05, 0) is 116 Å². The van der Waals surface area contributed by atoms with Crippen LogP contribution in [-0.2, 0) is 18.9 Å². The van der Waals surface area contributed by atoms with Crippen molar-refractivity contribution < 1.29 is 24.1 Å². The maximum atomic E-state index is 10.4. The maximum absolute atomic E-state index is 10.4. The predicted octanol–water partition coefficient (Wildman–Crippen LogP) is 6.67. The van der Waals surface area contributed by atoms with Gasteiger partial charge in [0.25, 0.3) is 0 Å². The van der Waals surface area contributed by atoms with Crippen molar-refractivity contribution in [2.24, 2.45) is 52.3 Å². The van der Waals surface area contributed by atoms with E-state index in [0.717, 1.165) is 49.4 Å². The van der Waals surface area contributed by atoms with Crippen LogP contribution >= 0.6 is 0 Å². The summed E-state index contributed by atoms with van der Waals surface area (Å²) in [6.45, 7) is 12.8. The van der Waals surface area contributed by atoms with E-state index < -0.39 is 0 Å². The molecule has 0 amide bonds. The van der Waals surface area contributed by atoms with Gasteiger partial charge in [-0.15, -0.1) is 0 Å². The number of fused-ring (bicyclic) bond motifs is 5. The molecule has 0 bridgehead atoms. The van der Waals surface area contributed by atoms with E-state index in [-0.39, 0.29) is 18.3 Å². The van der Waals surface area contributed by atoms with E-state index in [1.54, 1.807) is 14.2 Å². The van der Waals surface area contributed by atoms with E-state index in [0.29, 0.717) is 42.2 Å². The van der Waals surface area contributed by atoms with Crippen LogP contribution < -0.4 is 0 Å². The van der Waals surface area contributed by atoms with E-state index in [4.69, 9.17) is 18.9 Å². The lowest BCUT2D eigenvalue weighted by Crippen LogP contribution is -2.59. The summed E-state index contributed by atoms with van der Waals surface area (Å²) in [6.07, 6.45) is 12.6. The van der Waals surface area contributed by atoms with Gasteiger partial charge in [-0.1, -0.05) is 34.6 Å². The van der Waals surface area contributed by atoms with Crippen LogP contribution in [0.1, 0.15) is 98.8 Å². The Morgan fingerprint density at radius 2 is 1.44 bits per heavy atom. The van der Waals surface area contributed by atoms with Gasteiger partial charge in [0.1, 0.15) is 13.6 Å². The summed E-state index contributed by atoms with van der Waals surface area (Å²) >= 11 is 0. The minimum Gasteiger partial charge on any atom is -0.393 e. The molecule has 0 aliphatic heterocycles. The first-order chi connectivity index (χ1) is 17.2. The van der Waals surface area contributed by atoms with Crippen molar-refractivity contribution in [2.45, 2.75) is 117 Å². The predicted molar refractivity (Wildman–Crippen MR) is 143 cm³/mol. The number of aliphatic hydroxyl groups is 1. The van der Waals surface area contributed by atoms with Crippen LogP contribution in [0.3, 0.4) is 0 Å². The maximum Gasteiger partial charge on any atom is 0.146 e. The molecule has 5 heteroatoms. The van der Waals surface area contributed by atoms with E-state index in [2.05, 4.69) is 34.6 Å². The Kier molecular flexibility index (Phi) is 9.52. The van der Waals surface area contributed by atoms with Gasteiger partial charge in [0, 0.05) is 14.2 Å². The quantitative estimate of drug-likeness (QED) is 0.316. The molecule has 0 spiro atoms. The first-order valence-electron chi connectivity index (χ1n) is 15.0. The van der Waals surface area contributed by atoms with Crippen molar-refractivity contribution in [3.05, 3.63) is 0 Å². The molecule has 0 saturated heterocycles. The van der Waals surface area contributed by atoms with Crippen LogP contribution in [0.25, 0.3) is 0 Å². The number of methoxy groups -OCH3 is 2. The molecular weight excluding hydrogens is 452 g/mol. The number of aliphatic hydroxyl groups excluding tert-OH is 1. The fourth-order valence-corrected chi connectivity index (χ4v) is 9.83. The van der Waals surface area contributed by atoms with Crippen molar-refractivity contribution in [1.29, 1.82) is 0 Å². The van der Waals surface area contributed by atoms with E-state index in [9.17, 15) is 5.11 Å². The highest BCUT2D eigenvalue weighted by Crippen LogP contribution is 2.68. The second kappa shape index (κ2) is 11.9. The van der Waals surface area contributed by atoms with Gasteiger partial charge in [0.15, 0.2) is 0 Å². The Morgan fingerprint density at radius 3 is 2.14 bits per heavy atom. The summed E-state index contributed by atoms with van der Waals surface area (Å²) in [5.41, 5.74) is 0.748. The molecule has 36 heavy (non-hydrogen) atoms. The third kappa shape index (κ3) is 5.43. The Morgan fingerprint density at radius 1 is 0.778 bits per heavy atom. The molecule has 0 heterocycles. The van der Waals surface area contributed by atoms with Gasteiger partial charge in [-0.25, -0.2) is 0 Å². The largest absolute Gasteiger partial charge is 0.393 e. The van der Waals surface area contributed by atoms with Crippen molar-refractivity contribution >= 4 is 0 Å². The second-order valence-corrected chi connectivity index (χ2v) is 13.9. The van der Waals surface area contributed by atoms with Gasteiger partial charge in [0.05, 0.1) is 18.3 Å². The number of ether oxygens (including phenoxy) is 4. The molecule has 210 valence electrons. The number of hydrogen-bond acceptors (Lipinski definition) is 5. The molecular formula is C31H56O5. The van der Waals surface area contributed by atoms with Crippen LogP contribution in [0.15, 0.2) is 0 Å². The number of rotatable bonds is 11. The summed E-state index contributed by atoms with van der Waals surface area (Å²) in [5, 5.41) is 10.4. The molecule has 4 fully saturated rings. The molecule has 0 aromatic carbocycles. The topological polar surface area (TPSA) is 57.2 Å². The van der Waals surface area contributed by atoms with Gasteiger partial charge in [-0.2, -0.15) is 0 Å². The minimum absolute atomic E-state index is 0.162. The summed E-state index contributed by atoms with van der Waals surface area (Å²) in [6, 6.07) is 0. The highest BCUT2D eigenvalue weighted by molar-refractivity contribution is 5.11. The molecule has 0 unspecified atom stereocenters. The zero-order valence-corrected chi connectivity index (χ0v) is 24.3. The van der Waals surface area contributed by atoms with E-state index in [1.165, 1.54) is 38.5 Å². The van der Waals surface area contributed by atoms with Crippen LogP contribution in [-0.4, -0.2) is 51.2 Å². The summed E-state index contributed by atoms with van der Waals surface area (Å²) in [7, 11) is 3.46. The molecule has 5 nitrogen and oxygen atoms in total. The van der Waals surface area contributed by atoms with E-state index in [1.807, 2.05) is 0 Å². The fraction of sp³-hybridized carbons (Fsp3) is 1.00. The highest BCUT2D eigenvalue weighted by atomic mass is 16.7. The summed E-state index contributed by atoms with van der Waals surface area (Å²) in [4.78, 5) is 0. The average Bonchev–Trinajstić information content (AvgIpc) is 3.21. The molecule has 11 atom stereocenters. The third-order valence-corrected chi connectivity index (χ3v) is 11.9. The van der Waals surface area contributed by atoms with Crippen LogP contribution in [0, 0.1) is 52.3 Å². The molecule has 4 rings (SSSR count). The van der Waals surface area contributed by atoms with Crippen LogP contribution in [0.4, 0.5) is 0 Å². The standard InChI is InChI=1S/C31H56O5/c1-20(2)28(32)11-8-21(3)24-9-10-25-23-17-29(36-19-34-7)27-16-22(35-18-33-6)12-14-31(27,5)26(23)13-15-30(24,25)4/h20-29,32H,8-19H2,1-7H3/t21-,22-,23+,24-,25+,26+,27+,28+,29+,30-,31-/m1/s1. The Hall–Kier alpha value is -0.200. The van der Waals surface area contributed by atoms with Gasteiger partial charge in [-0.3, -0.25) is 0 Å². The Labute approximate surface area is 221 Å². The first-order valence-corrected chi connectivity index (χ1v) is 15.0. The fourth-order valence-electron chi connectivity index (χ4n) is 9.83. The monoisotopic (exact) mass is 508 g/mol. The van der Waals surface area contributed by atoms with Gasteiger partial charge < -0.3 is 24.1 Å². The zero-order valence-electron chi connectivity index (χ0n) is 24.3. The lowest BCUT2D eigenvalue weighted by atomic mass is 9.43.